The average molecular weight is 339 g/mol. The van der Waals surface area contributed by atoms with Gasteiger partial charge in [0, 0.05) is 19.1 Å². The molecule has 1 aliphatic carbocycles. The van der Waals surface area contributed by atoms with Crippen LogP contribution in [-0.4, -0.2) is 36.0 Å². The standard InChI is InChI=1S/C18H26N2O2.ClH/c19-14-8-10-15(11-9-14)22-17-7-3-2-6-16(17)18(21)20-12-4-1-5-13-20;/h2-3,6-7,14-15H,1,4-5,8-13,19H2;1H. The maximum Gasteiger partial charge on any atom is 0.257 e. The lowest BCUT2D eigenvalue weighted by Gasteiger charge is -2.29. The Morgan fingerprint density at radius 3 is 2.39 bits per heavy atom. The van der Waals surface area contributed by atoms with Crippen molar-refractivity contribution in [3.8, 4) is 5.75 Å². The molecule has 4 nitrogen and oxygen atoms in total. The molecule has 1 aliphatic heterocycles. The Bertz CT molecular complexity index is 509. The molecule has 5 heteroatoms. The van der Waals surface area contributed by atoms with E-state index in [1.165, 1.54) is 6.42 Å². The summed E-state index contributed by atoms with van der Waals surface area (Å²) >= 11 is 0. The molecule has 0 bridgehead atoms. The fraction of sp³-hybridized carbons (Fsp3) is 0.611. The van der Waals surface area contributed by atoms with Crippen LogP contribution >= 0.6 is 12.4 Å². The number of halogens is 1. The van der Waals surface area contributed by atoms with Crippen LogP contribution in [0.2, 0.25) is 0 Å². The van der Waals surface area contributed by atoms with Gasteiger partial charge in [-0.05, 0) is 57.1 Å². The molecule has 1 amide bonds. The molecule has 1 saturated heterocycles. The van der Waals surface area contributed by atoms with Crippen molar-refractivity contribution < 1.29 is 9.53 Å². The van der Waals surface area contributed by atoms with Crippen molar-refractivity contribution in [2.24, 2.45) is 5.73 Å². The number of ether oxygens (including phenoxy) is 1. The Morgan fingerprint density at radius 2 is 1.70 bits per heavy atom. The Balaban J connectivity index is 0.00000192. The summed E-state index contributed by atoms with van der Waals surface area (Å²) in [6.45, 7) is 1.73. The maximum absolute atomic E-state index is 12.7. The molecule has 23 heavy (non-hydrogen) atoms. The highest BCUT2D eigenvalue weighted by Gasteiger charge is 2.24. The van der Waals surface area contributed by atoms with Crippen molar-refractivity contribution in [2.75, 3.05) is 13.1 Å². The number of para-hydroxylation sites is 1. The van der Waals surface area contributed by atoms with Crippen LogP contribution in [0.25, 0.3) is 0 Å². The third kappa shape index (κ3) is 4.61. The van der Waals surface area contributed by atoms with Crippen molar-refractivity contribution in [3.63, 3.8) is 0 Å². The van der Waals surface area contributed by atoms with Crippen LogP contribution in [0.4, 0.5) is 0 Å². The minimum absolute atomic E-state index is 0. The summed E-state index contributed by atoms with van der Waals surface area (Å²) in [5.41, 5.74) is 6.66. The van der Waals surface area contributed by atoms with E-state index < -0.39 is 0 Å². The van der Waals surface area contributed by atoms with Crippen LogP contribution in [0.3, 0.4) is 0 Å². The molecular formula is C18H27ClN2O2. The molecule has 1 aromatic rings. The maximum atomic E-state index is 12.7. The van der Waals surface area contributed by atoms with Crippen molar-refractivity contribution >= 4 is 18.3 Å². The largest absolute Gasteiger partial charge is 0.490 e. The number of hydrogen-bond acceptors (Lipinski definition) is 3. The molecule has 2 N–H and O–H groups in total. The zero-order valence-electron chi connectivity index (χ0n) is 13.6. The highest BCUT2D eigenvalue weighted by atomic mass is 35.5. The van der Waals surface area contributed by atoms with Crippen LogP contribution in [0.5, 0.6) is 5.75 Å². The molecule has 2 fully saturated rings. The fourth-order valence-electron chi connectivity index (χ4n) is 3.40. The molecule has 0 atom stereocenters. The summed E-state index contributed by atoms with van der Waals surface area (Å²) in [5.74, 6) is 0.848. The van der Waals surface area contributed by atoms with E-state index in [2.05, 4.69) is 0 Å². The van der Waals surface area contributed by atoms with Gasteiger partial charge in [-0.25, -0.2) is 0 Å². The van der Waals surface area contributed by atoms with E-state index in [-0.39, 0.29) is 24.4 Å². The summed E-state index contributed by atoms with van der Waals surface area (Å²) in [6, 6.07) is 7.98. The second kappa shape index (κ2) is 8.55. The van der Waals surface area contributed by atoms with Crippen LogP contribution in [0.1, 0.15) is 55.3 Å². The first-order valence-electron chi connectivity index (χ1n) is 8.54. The van der Waals surface area contributed by atoms with Crippen molar-refractivity contribution in [3.05, 3.63) is 29.8 Å². The lowest BCUT2D eigenvalue weighted by molar-refractivity contribution is 0.0713. The zero-order chi connectivity index (χ0) is 15.4. The first-order valence-corrected chi connectivity index (χ1v) is 8.54. The number of nitrogens with two attached hydrogens (primary N) is 1. The van der Waals surface area contributed by atoms with Crippen LogP contribution in [0, 0.1) is 0 Å². The van der Waals surface area contributed by atoms with E-state index in [1.54, 1.807) is 0 Å². The first-order chi connectivity index (χ1) is 10.7. The summed E-state index contributed by atoms with van der Waals surface area (Å²) < 4.78 is 6.14. The SMILES string of the molecule is Cl.NC1CCC(Oc2ccccc2C(=O)N2CCCCC2)CC1. The molecule has 1 aromatic carbocycles. The van der Waals surface area contributed by atoms with Gasteiger partial charge in [0.1, 0.15) is 5.75 Å². The highest BCUT2D eigenvalue weighted by Crippen LogP contribution is 2.27. The quantitative estimate of drug-likeness (QED) is 0.919. The number of benzene rings is 1. The Kier molecular flexibility index (Phi) is 6.72. The molecule has 1 saturated carbocycles. The van der Waals surface area contributed by atoms with Gasteiger partial charge in [-0.1, -0.05) is 12.1 Å². The highest BCUT2D eigenvalue weighted by molar-refractivity contribution is 5.97. The summed E-state index contributed by atoms with van der Waals surface area (Å²) in [5, 5.41) is 0. The summed E-state index contributed by atoms with van der Waals surface area (Å²) in [6.07, 6.45) is 7.60. The van der Waals surface area contributed by atoms with Gasteiger partial charge in [0.05, 0.1) is 11.7 Å². The number of carbonyl (C=O) groups is 1. The topological polar surface area (TPSA) is 55.6 Å². The van der Waals surface area contributed by atoms with Crippen molar-refractivity contribution in [2.45, 2.75) is 57.1 Å². The summed E-state index contributed by atoms with van der Waals surface area (Å²) in [4.78, 5) is 14.7. The molecule has 0 radical (unpaired) electrons. The molecule has 0 aromatic heterocycles. The summed E-state index contributed by atoms with van der Waals surface area (Å²) in [7, 11) is 0. The van der Waals surface area contributed by atoms with Gasteiger partial charge < -0.3 is 15.4 Å². The lowest BCUT2D eigenvalue weighted by atomic mass is 9.93. The molecule has 2 aliphatic rings. The molecule has 3 rings (SSSR count). The van der Waals surface area contributed by atoms with Gasteiger partial charge >= 0.3 is 0 Å². The third-order valence-corrected chi connectivity index (χ3v) is 4.77. The van der Waals surface area contributed by atoms with Gasteiger partial charge in [-0.15, -0.1) is 12.4 Å². The predicted octanol–water partition coefficient (Wildman–Crippen LogP) is 3.38. The van der Waals surface area contributed by atoms with E-state index in [0.29, 0.717) is 11.6 Å². The second-order valence-electron chi connectivity index (χ2n) is 6.50. The van der Waals surface area contributed by atoms with Gasteiger partial charge in [-0.3, -0.25) is 4.79 Å². The van der Waals surface area contributed by atoms with E-state index in [0.717, 1.165) is 57.4 Å². The molecule has 0 unspecified atom stereocenters. The van der Waals surface area contributed by atoms with Gasteiger partial charge in [0.15, 0.2) is 0 Å². The number of piperidine rings is 1. The average Bonchev–Trinajstić information content (AvgIpc) is 2.58. The predicted molar refractivity (Wildman–Crippen MR) is 94.3 cm³/mol. The molecule has 0 spiro atoms. The van der Waals surface area contributed by atoms with E-state index >= 15 is 0 Å². The number of likely N-dealkylation sites (tertiary alicyclic amines) is 1. The zero-order valence-corrected chi connectivity index (χ0v) is 14.4. The lowest BCUT2D eigenvalue weighted by Crippen LogP contribution is -2.36. The molecular weight excluding hydrogens is 312 g/mol. The minimum Gasteiger partial charge on any atom is -0.490 e. The Morgan fingerprint density at radius 1 is 1.04 bits per heavy atom. The minimum atomic E-state index is 0. The van der Waals surface area contributed by atoms with Crippen molar-refractivity contribution in [1.82, 2.24) is 4.90 Å². The molecule has 1 heterocycles. The van der Waals surface area contributed by atoms with Crippen LogP contribution < -0.4 is 10.5 Å². The van der Waals surface area contributed by atoms with E-state index in [9.17, 15) is 4.79 Å². The fourth-order valence-corrected chi connectivity index (χ4v) is 3.40. The number of amides is 1. The van der Waals surface area contributed by atoms with Gasteiger partial charge in [0.2, 0.25) is 0 Å². The first kappa shape index (κ1) is 18.1. The number of rotatable bonds is 3. The second-order valence-corrected chi connectivity index (χ2v) is 6.50. The van der Waals surface area contributed by atoms with Crippen LogP contribution in [-0.2, 0) is 0 Å². The monoisotopic (exact) mass is 338 g/mol. The van der Waals surface area contributed by atoms with E-state index in [4.69, 9.17) is 10.5 Å². The number of nitrogens with zero attached hydrogens (tertiary/aromatic N) is 1. The van der Waals surface area contributed by atoms with Crippen LogP contribution in [0.15, 0.2) is 24.3 Å². The number of carbonyl (C=O) groups excluding carboxylic acids is 1. The molecule has 128 valence electrons. The third-order valence-electron chi connectivity index (χ3n) is 4.77. The Labute approximate surface area is 144 Å². The number of hydrogen-bond donors (Lipinski definition) is 1. The van der Waals surface area contributed by atoms with Crippen molar-refractivity contribution in [1.29, 1.82) is 0 Å². The normalized spacial score (nSPS) is 24.7. The van der Waals surface area contributed by atoms with E-state index in [1.807, 2.05) is 29.2 Å². The Hall–Kier alpha value is -1.26. The smallest absolute Gasteiger partial charge is 0.257 e. The van der Waals surface area contributed by atoms with Gasteiger partial charge in [0.25, 0.3) is 5.91 Å². The van der Waals surface area contributed by atoms with Gasteiger partial charge in [-0.2, -0.15) is 0 Å².